The van der Waals surface area contributed by atoms with Crippen LogP contribution >= 0.6 is 15.9 Å². The third-order valence-electron chi connectivity index (χ3n) is 2.15. The fraction of sp³-hybridized carbons (Fsp3) is 0.273. The molecular formula is C11H11BrO5. The number of aromatic hydroxyl groups is 1. The van der Waals surface area contributed by atoms with Crippen LogP contribution in [-0.2, 0) is 4.74 Å². The minimum absolute atomic E-state index is 0.0151. The molecule has 0 aromatic heterocycles. The largest absolute Gasteiger partial charge is 0.513 e. The van der Waals surface area contributed by atoms with E-state index in [0.29, 0.717) is 5.56 Å². The smallest absolute Gasteiger partial charge is 0.508 e. The lowest BCUT2D eigenvalue weighted by molar-refractivity contribution is 0.101. The summed E-state index contributed by atoms with van der Waals surface area (Å²) >= 11 is 3.03. The van der Waals surface area contributed by atoms with Crippen molar-refractivity contribution in [3.05, 3.63) is 23.3 Å². The molecule has 0 aliphatic heterocycles. The van der Waals surface area contributed by atoms with E-state index in [0.717, 1.165) is 7.11 Å². The van der Waals surface area contributed by atoms with Crippen LogP contribution in [0.1, 0.15) is 15.9 Å². The number of ether oxygens (including phenoxy) is 2. The van der Waals surface area contributed by atoms with Gasteiger partial charge in [-0.25, -0.2) is 4.79 Å². The summed E-state index contributed by atoms with van der Waals surface area (Å²) in [5.41, 5.74) is 0.518. The van der Waals surface area contributed by atoms with Crippen molar-refractivity contribution >= 4 is 27.9 Å². The average Bonchev–Trinajstić information content (AvgIpc) is 2.34. The van der Waals surface area contributed by atoms with Crippen LogP contribution in [0, 0.1) is 6.92 Å². The highest BCUT2D eigenvalue weighted by atomic mass is 79.9. The maximum Gasteiger partial charge on any atom is 0.513 e. The Kier molecular flexibility index (Phi) is 4.51. The Bertz CT molecular complexity index is 455. The number of ketones is 1. The van der Waals surface area contributed by atoms with Crippen molar-refractivity contribution in [3.8, 4) is 11.5 Å². The van der Waals surface area contributed by atoms with Crippen LogP contribution in [0.5, 0.6) is 11.5 Å². The number of rotatable bonds is 3. The molecule has 0 aliphatic carbocycles. The maximum atomic E-state index is 11.6. The zero-order chi connectivity index (χ0) is 13.0. The number of benzene rings is 1. The van der Waals surface area contributed by atoms with Gasteiger partial charge in [0.25, 0.3) is 0 Å². The molecule has 0 atom stereocenters. The van der Waals surface area contributed by atoms with Gasteiger partial charge in [0.15, 0.2) is 11.5 Å². The number of Topliss-reactive ketones (excluding diaryl/α,β-unsaturated/α-hetero) is 1. The van der Waals surface area contributed by atoms with E-state index in [9.17, 15) is 14.7 Å². The van der Waals surface area contributed by atoms with Gasteiger partial charge in [-0.05, 0) is 19.1 Å². The quantitative estimate of drug-likeness (QED) is 0.402. The SMILES string of the molecule is COC(=O)Oc1c(C(=O)CBr)ccc(O)c1C. The molecule has 0 heterocycles. The fourth-order valence-corrected chi connectivity index (χ4v) is 1.53. The van der Waals surface area contributed by atoms with E-state index in [-0.39, 0.29) is 28.2 Å². The zero-order valence-corrected chi connectivity index (χ0v) is 10.9. The second kappa shape index (κ2) is 5.67. The van der Waals surface area contributed by atoms with Gasteiger partial charge in [0.05, 0.1) is 18.0 Å². The number of halogens is 1. The summed E-state index contributed by atoms with van der Waals surface area (Å²) in [5.74, 6) is -0.302. The molecule has 92 valence electrons. The summed E-state index contributed by atoms with van der Waals surface area (Å²) in [4.78, 5) is 22.7. The van der Waals surface area contributed by atoms with E-state index in [1.165, 1.54) is 12.1 Å². The summed E-state index contributed by atoms with van der Waals surface area (Å²) < 4.78 is 9.22. The van der Waals surface area contributed by atoms with Crippen LogP contribution < -0.4 is 4.74 Å². The Hall–Kier alpha value is -1.56. The standard InChI is InChI=1S/C11H11BrO5/c1-6-8(13)4-3-7(9(14)5-12)10(6)17-11(15)16-2/h3-4,13H,5H2,1-2H3. The number of carbonyl (C=O) groups excluding carboxylic acids is 2. The third kappa shape index (κ3) is 2.97. The molecule has 5 nitrogen and oxygen atoms in total. The van der Waals surface area contributed by atoms with Gasteiger partial charge in [-0.1, -0.05) is 15.9 Å². The van der Waals surface area contributed by atoms with Gasteiger partial charge in [-0.2, -0.15) is 0 Å². The lowest BCUT2D eigenvalue weighted by atomic mass is 10.1. The normalized spacial score (nSPS) is 9.82. The van der Waals surface area contributed by atoms with Crippen LogP contribution in [0.3, 0.4) is 0 Å². The van der Waals surface area contributed by atoms with Gasteiger partial charge in [0, 0.05) is 5.56 Å². The van der Waals surface area contributed by atoms with E-state index in [1.807, 2.05) is 0 Å². The average molecular weight is 303 g/mol. The molecule has 0 aliphatic rings. The second-order valence-electron chi connectivity index (χ2n) is 3.20. The first-order valence-electron chi connectivity index (χ1n) is 4.68. The summed E-state index contributed by atoms with van der Waals surface area (Å²) in [5, 5.41) is 9.60. The Morgan fingerprint density at radius 1 is 1.41 bits per heavy atom. The summed E-state index contributed by atoms with van der Waals surface area (Å²) in [6, 6.07) is 2.76. The van der Waals surface area contributed by atoms with Crippen molar-refractivity contribution in [2.75, 3.05) is 12.4 Å². The van der Waals surface area contributed by atoms with Crippen LogP contribution in [0.4, 0.5) is 4.79 Å². The van der Waals surface area contributed by atoms with E-state index in [1.54, 1.807) is 6.92 Å². The first kappa shape index (κ1) is 13.5. The molecule has 1 aromatic rings. The van der Waals surface area contributed by atoms with Gasteiger partial charge in [0.1, 0.15) is 5.75 Å². The molecule has 6 heteroatoms. The highest BCUT2D eigenvalue weighted by Gasteiger charge is 2.19. The monoisotopic (exact) mass is 302 g/mol. The number of methoxy groups -OCH3 is 1. The predicted molar refractivity (Wildman–Crippen MR) is 64.0 cm³/mol. The van der Waals surface area contributed by atoms with Crippen molar-refractivity contribution < 1.29 is 24.2 Å². The number of phenols is 1. The zero-order valence-electron chi connectivity index (χ0n) is 9.32. The molecule has 0 unspecified atom stereocenters. The topological polar surface area (TPSA) is 72.8 Å². The number of hydrogen-bond acceptors (Lipinski definition) is 5. The Labute approximate surface area is 106 Å². The van der Waals surface area contributed by atoms with E-state index >= 15 is 0 Å². The Balaban J connectivity index is 3.26. The van der Waals surface area contributed by atoms with Crippen LogP contribution in [0.2, 0.25) is 0 Å². The van der Waals surface area contributed by atoms with Crippen LogP contribution in [-0.4, -0.2) is 29.5 Å². The van der Waals surface area contributed by atoms with Gasteiger partial charge in [-0.3, -0.25) is 4.79 Å². The summed E-state index contributed by atoms with van der Waals surface area (Å²) in [6.45, 7) is 1.54. The first-order valence-corrected chi connectivity index (χ1v) is 5.81. The van der Waals surface area contributed by atoms with E-state index in [4.69, 9.17) is 4.74 Å². The Morgan fingerprint density at radius 2 is 2.06 bits per heavy atom. The summed E-state index contributed by atoms with van der Waals surface area (Å²) in [7, 11) is 1.16. The number of hydrogen-bond donors (Lipinski definition) is 1. The second-order valence-corrected chi connectivity index (χ2v) is 3.76. The fourth-order valence-electron chi connectivity index (χ4n) is 1.23. The number of carbonyl (C=O) groups is 2. The van der Waals surface area contributed by atoms with E-state index < -0.39 is 6.16 Å². The van der Waals surface area contributed by atoms with E-state index in [2.05, 4.69) is 20.7 Å². The molecular weight excluding hydrogens is 292 g/mol. The van der Waals surface area contributed by atoms with Gasteiger partial charge < -0.3 is 14.6 Å². The molecule has 17 heavy (non-hydrogen) atoms. The molecule has 1 N–H and O–H groups in total. The molecule has 1 rings (SSSR count). The minimum atomic E-state index is -0.942. The number of phenolic OH excluding ortho intramolecular Hbond substituents is 1. The van der Waals surface area contributed by atoms with Gasteiger partial charge >= 0.3 is 6.16 Å². The lowest BCUT2D eigenvalue weighted by Crippen LogP contribution is -2.12. The van der Waals surface area contributed by atoms with Crippen molar-refractivity contribution in [2.24, 2.45) is 0 Å². The van der Waals surface area contributed by atoms with Gasteiger partial charge in [0.2, 0.25) is 0 Å². The maximum absolute atomic E-state index is 11.6. The van der Waals surface area contributed by atoms with Crippen molar-refractivity contribution in [2.45, 2.75) is 6.92 Å². The van der Waals surface area contributed by atoms with Gasteiger partial charge in [-0.15, -0.1) is 0 Å². The minimum Gasteiger partial charge on any atom is -0.508 e. The van der Waals surface area contributed by atoms with Crippen LogP contribution in [0.15, 0.2) is 12.1 Å². The highest BCUT2D eigenvalue weighted by molar-refractivity contribution is 9.09. The molecule has 0 radical (unpaired) electrons. The first-order chi connectivity index (χ1) is 8.01. The molecule has 0 bridgehead atoms. The number of alkyl halides is 1. The molecule has 0 amide bonds. The van der Waals surface area contributed by atoms with Crippen molar-refractivity contribution in [3.63, 3.8) is 0 Å². The van der Waals surface area contributed by atoms with Crippen molar-refractivity contribution in [1.82, 2.24) is 0 Å². The lowest BCUT2D eigenvalue weighted by Gasteiger charge is -2.11. The predicted octanol–water partition coefficient (Wildman–Crippen LogP) is 2.42. The van der Waals surface area contributed by atoms with Crippen molar-refractivity contribution in [1.29, 1.82) is 0 Å². The molecule has 0 fully saturated rings. The highest BCUT2D eigenvalue weighted by Crippen LogP contribution is 2.31. The Morgan fingerprint density at radius 3 is 2.59 bits per heavy atom. The summed E-state index contributed by atoms with van der Waals surface area (Å²) in [6.07, 6.45) is -0.942. The third-order valence-corrected chi connectivity index (χ3v) is 2.66. The molecule has 0 saturated carbocycles. The molecule has 0 saturated heterocycles. The van der Waals surface area contributed by atoms with Crippen LogP contribution in [0.25, 0.3) is 0 Å². The molecule has 1 aromatic carbocycles. The molecule has 0 spiro atoms.